The minimum atomic E-state index is -1.88. The van der Waals surface area contributed by atoms with Crippen LogP contribution >= 0.6 is 0 Å². The molecule has 4 aliphatic rings. The molecule has 4 rings (SSSR count). The van der Waals surface area contributed by atoms with Gasteiger partial charge in [0.25, 0.3) is 5.60 Å². The first kappa shape index (κ1) is 33.2. The number of allylic oxidation sites excluding steroid dienone is 1. The second-order valence-corrected chi connectivity index (χ2v) is 13.6. The smallest absolute Gasteiger partial charge is 0.350 e. The topological polar surface area (TPSA) is 152 Å². The van der Waals surface area contributed by atoms with E-state index in [0.717, 1.165) is 89.4 Å². The first-order valence-corrected chi connectivity index (χ1v) is 16.9. The van der Waals surface area contributed by atoms with Crippen molar-refractivity contribution in [2.24, 2.45) is 29.4 Å². The van der Waals surface area contributed by atoms with Crippen LogP contribution in [0.2, 0.25) is 0 Å². The van der Waals surface area contributed by atoms with Crippen molar-refractivity contribution < 1.29 is 39.6 Å². The molecule has 0 aromatic rings. The maximum atomic E-state index is 14.1. The third-order valence-corrected chi connectivity index (χ3v) is 10.6. The van der Waals surface area contributed by atoms with E-state index in [1.807, 2.05) is 6.92 Å². The van der Waals surface area contributed by atoms with Crippen LogP contribution in [0.15, 0.2) is 11.1 Å². The molecular formula is C33H57N3O6+2. The van der Waals surface area contributed by atoms with Crippen molar-refractivity contribution in [3.05, 3.63) is 11.1 Å². The zero-order valence-electron chi connectivity index (χ0n) is 26.3. The average Bonchev–Trinajstić information content (AvgIpc) is 3.70. The molecule has 4 unspecified atom stereocenters. The number of hydrogen-bond acceptors (Lipinski definition) is 7. The minimum Gasteiger partial charge on any atom is -0.463 e. The van der Waals surface area contributed by atoms with Gasteiger partial charge in [0, 0.05) is 30.6 Å². The third-order valence-electron chi connectivity index (χ3n) is 10.6. The van der Waals surface area contributed by atoms with Crippen molar-refractivity contribution in [2.45, 2.75) is 122 Å². The van der Waals surface area contributed by atoms with Crippen molar-refractivity contribution in [3.63, 3.8) is 0 Å². The first-order valence-electron chi connectivity index (χ1n) is 16.9. The highest BCUT2D eigenvalue weighted by Gasteiger charge is 2.87. The standard InChI is InChI=1S/C33H55N3O6/c1-4-6-9-24(19-35-15-5-2)21-41-31(40)33-30(39)27-11-8-7-10-26(27)29(38)32(33,42-33)18-25(20-37)22(3)12-13-23-14-16-36-28(34)17-23/h23-24,26-28,35-37H,4-21,34H2,1-3H3/p+2/t23?,24-,26?,27?,28?,32+,33+/m1/s1. The van der Waals surface area contributed by atoms with Crippen LogP contribution in [-0.2, 0) is 23.9 Å². The Balaban J connectivity index is 1.53. The maximum absolute atomic E-state index is 14.1. The summed E-state index contributed by atoms with van der Waals surface area (Å²) in [6.07, 6.45) is 11.2. The molecule has 238 valence electrons. The van der Waals surface area contributed by atoms with E-state index in [0.29, 0.717) is 24.3 Å². The predicted molar refractivity (Wildman–Crippen MR) is 159 cm³/mol. The summed E-state index contributed by atoms with van der Waals surface area (Å²) in [4.78, 5) is 42.1. The molecule has 0 spiro atoms. The van der Waals surface area contributed by atoms with Gasteiger partial charge in [-0.15, -0.1) is 0 Å². The maximum Gasteiger partial charge on any atom is 0.350 e. The van der Waals surface area contributed by atoms with Gasteiger partial charge in [0.2, 0.25) is 0 Å². The van der Waals surface area contributed by atoms with Gasteiger partial charge in [-0.2, -0.15) is 0 Å². The number of fused-ring (bicyclic) bond motifs is 2. The number of nitrogens with two attached hydrogens (primary N) is 3. The Bertz CT molecular complexity index is 1000. The summed E-state index contributed by atoms with van der Waals surface area (Å²) in [7, 11) is 0. The Labute approximate surface area is 252 Å². The third kappa shape index (κ3) is 6.85. The number of aliphatic hydroxyl groups excluding tert-OH is 1. The van der Waals surface area contributed by atoms with E-state index < -0.39 is 29.0 Å². The second kappa shape index (κ2) is 14.9. The summed E-state index contributed by atoms with van der Waals surface area (Å²) >= 11 is 0. The molecule has 9 heteroatoms. The summed E-state index contributed by atoms with van der Waals surface area (Å²) in [6.45, 7) is 9.17. The molecule has 0 bridgehead atoms. The molecule has 7 atom stereocenters. The number of aliphatic hydroxyl groups is 1. The number of ether oxygens (including phenoxy) is 2. The van der Waals surface area contributed by atoms with Gasteiger partial charge >= 0.3 is 5.97 Å². The lowest BCUT2D eigenvalue weighted by Crippen LogP contribution is -2.94. The zero-order chi connectivity index (χ0) is 30.3. The highest BCUT2D eigenvalue weighted by molar-refractivity contribution is 6.23. The Morgan fingerprint density at radius 3 is 2.57 bits per heavy atom. The van der Waals surface area contributed by atoms with Crippen LogP contribution in [0.5, 0.6) is 0 Å². The predicted octanol–water partition coefficient (Wildman–Crippen LogP) is 1.51. The number of rotatable bonds is 16. The van der Waals surface area contributed by atoms with E-state index in [-0.39, 0.29) is 43.3 Å². The molecule has 0 aromatic heterocycles. The Morgan fingerprint density at radius 1 is 1.17 bits per heavy atom. The molecule has 2 aliphatic heterocycles. The summed E-state index contributed by atoms with van der Waals surface area (Å²) < 4.78 is 12.1. The molecule has 2 saturated carbocycles. The van der Waals surface area contributed by atoms with E-state index in [4.69, 9.17) is 15.2 Å². The van der Waals surface area contributed by atoms with Gasteiger partial charge in [-0.3, -0.25) is 15.3 Å². The molecule has 0 amide bonds. The van der Waals surface area contributed by atoms with Crippen LogP contribution in [0, 0.1) is 23.7 Å². The number of ketones is 2. The highest BCUT2D eigenvalue weighted by atomic mass is 16.7. The van der Waals surface area contributed by atoms with Crippen LogP contribution in [0.25, 0.3) is 0 Å². The molecule has 2 heterocycles. The SMILES string of the molecule is CCCC[C@H](C[NH2+]CCC)COC(=O)[C@]12O[C@@]1(CC(CO)=C(C)CCC1CC[NH2+]C(N)C1)C(=O)C1CCCCC1C2=O. The zero-order valence-corrected chi connectivity index (χ0v) is 26.3. The minimum absolute atomic E-state index is 0.0692. The number of quaternary nitrogens is 2. The fraction of sp³-hybridized carbons (Fsp3) is 0.848. The van der Waals surface area contributed by atoms with Crippen LogP contribution in [-0.4, -0.2) is 72.9 Å². The van der Waals surface area contributed by atoms with Gasteiger partial charge in [-0.25, -0.2) is 4.79 Å². The van der Waals surface area contributed by atoms with Crippen molar-refractivity contribution in [2.75, 3.05) is 32.8 Å². The molecule has 4 fully saturated rings. The van der Waals surface area contributed by atoms with Crippen molar-refractivity contribution in [3.8, 4) is 0 Å². The lowest BCUT2D eigenvalue weighted by molar-refractivity contribution is -0.699. The highest BCUT2D eigenvalue weighted by Crippen LogP contribution is 2.62. The van der Waals surface area contributed by atoms with Gasteiger partial charge < -0.3 is 25.2 Å². The number of Topliss-reactive ketones (excluding diaryl/α,β-unsaturated/α-hetero) is 2. The van der Waals surface area contributed by atoms with Gasteiger partial charge in [0.05, 0.1) is 32.8 Å². The van der Waals surface area contributed by atoms with Crippen LogP contribution < -0.4 is 16.4 Å². The largest absolute Gasteiger partial charge is 0.463 e. The van der Waals surface area contributed by atoms with E-state index >= 15 is 0 Å². The second-order valence-electron chi connectivity index (χ2n) is 13.6. The van der Waals surface area contributed by atoms with E-state index in [9.17, 15) is 19.5 Å². The molecule has 7 N–H and O–H groups in total. The Hall–Kier alpha value is -1.65. The molecule has 0 radical (unpaired) electrons. The number of epoxide rings is 1. The summed E-state index contributed by atoms with van der Waals surface area (Å²) in [5, 5.41) is 14.9. The fourth-order valence-corrected chi connectivity index (χ4v) is 7.84. The Morgan fingerprint density at radius 2 is 1.90 bits per heavy atom. The number of hydrogen-bond donors (Lipinski definition) is 4. The molecule has 9 nitrogen and oxygen atoms in total. The fourth-order valence-electron chi connectivity index (χ4n) is 7.84. The van der Waals surface area contributed by atoms with Crippen LogP contribution in [0.3, 0.4) is 0 Å². The van der Waals surface area contributed by atoms with Crippen LogP contribution in [0.4, 0.5) is 0 Å². The molecule has 2 aliphatic carbocycles. The van der Waals surface area contributed by atoms with Gasteiger partial charge in [0.15, 0.2) is 17.2 Å². The first-order chi connectivity index (χ1) is 20.2. The van der Waals surface area contributed by atoms with Gasteiger partial charge in [-0.05, 0) is 63.4 Å². The van der Waals surface area contributed by atoms with Crippen molar-refractivity contribution in [1.29, 1.82) is 0 Å². The number of unbranched alkanes of at least 4 members (excludes halogenated alkanes) is 1. The summed E-state index contributed by atoms with van der Waals surface area (Å²) in [6, 6.07) is 0. The van der Waals surface area contributed by atoms with E-state index in [1.54, 1.807) is 0 Å². The van der Waals surface area contributed by atoms with Crippen molar-refractivity contribution >= 4 is 17.5 Å². The van der Waals surface area contributed by atoms with Crippen molar-refractivity contribution in [1.82, 2.24) is 0 Å². The quantitative estimate of drug-likeness (QED) is 0.0698. The number of carbonyl (C=O) groups excluding carboxylic acids is 3. The number of carbonyl (C=O) groups is 3. The Kier molecular flexibility index (Phi) is 11.8. The number of piperidine rings is 1. The molecule has 0 aromatic carbocycles. The summed E-state index contributed by atoms with van der Waals surface area (Å²) in [5.41, 5.74) is 4.41. The van der Waals surface area contributed by atoms with Gasteiger partial charge in [-0.1, -0.05) is 45.1 Å². The summed E-state index contributed by atoms with van der Waals surface area (Å²) in [5.74, 6) is -1.32. The van der Waals surface area contributed by atoms with Gasteiger partial charge in [0.1, 0.15) is 6.17 Å². The van der Waals surface area contributed by atoms with E-state index in [2.05, 4.69) is 24.5 Å². The average molecular weight is 592 g/mol. The van der Waals surface area contributed by atoms with E-state index in [1.165, 1.54) is 0 Å². The molecular weight excluding hydrogens is 534 g/mol. The lowest BCUT2D eigenvalue weighted by atomic mass is 9.60. The monoisotopic (exact) mass is 591 g/mol. The van der Waals surface area contributed by atoms with Crippen LogP contribution in [0.1, 0.15) is 104 Å². The normalized spacial score (nSPS) is 33.8. The molecule has 2 saturated heterocycles. The number of esters is 1. The molecule has 42 heavy (non-hydrogen) atoms. The lowest BCUT2D eigenvalue weighted by Gasteiger charge is -2.37.